The molecule has 114 valence electrons. The fourth-order valence-corrected chi connectivity index (χ4v) is 4.04. The fourth-order valence-electron chi connectivity index (χ4n) is 2.53. The molecule has 1 aliphatic carbocycles. The molecule has 0 aliphatic heterocycles. The van der Waals surface area contributed by atoms with Crippen molar-refractivity contribution in [2.45, 2.75) is 25.7 Å². The van der Waals surface area contributed by atoms with Gasteiger partial charge in [0.05, 0.1) is 11.8 Å². The number of rotatable bonds is 3. The Morgan fingerprint density at radius 3 is 3.05 bits per heavy atom. The van der Waals surface area contributed by atoms with Gasteiger partial charge in [0.1, 0.15) is 5.75 Å². The number of aromatic hydroxyl groups is 1. The van der Waals surface area contributed by atoms with Crippen molar-refractivity contribution in [3.8, 4) is 5.75 Å². The molecule has 1 heterocycles. The summed E-state index contributed by atoms with van der Waals surface area (Å²) in [5.41, 5.74) is 4.99. The molecule has 2 aromatic rings. The summed E-state index contributed by atoms with van der Waals surface area (Å²) < 4.78 is 0.838. The third-order valence-corrected chi connectivity index (χ3v) is 5.25. The summed E-state index contributed by atoms with van der Waals surface area (Å²) in [4.78, 5) is 13.6. The van der Waals surface area contributed by atoms with E-state index in [1.165, 1.54) is 23.1 Å². The minimum Gasteiger partial charge on any atom is -0.507 e. The van der Waals surface area contributed by atoms with Crippen LogP contribution in [0.15, 0.2) is 33.2 Å². The summed E-state index contributed by atoms with van der Waals surface area (Å²) >= 11 is 4.99. The maximum Gasteiger partial charge on any atom is 0.272 e. The molecular weight excluding hydrogens is 364 g/mol. The van der Waals surface area contributed by atoms with Gasteiger partial charge in [-0.2, -0.15) is 5.10 Å². The lowest BCUT2D eigenvalue weighted by atomic mass is 9.96. The van der Waals surface area contributed by atoms with Crippen molar-refractivity contribution in [3.63, 3.8) is 0 Å². The van der Waals surface area contributed by atoms with E-state index in [1.54, 1.807) is 29.5 Å². The van der Waals surface area contributed by atoms with E-state index in [0.29, 0.717) is 5.56 Å². The molecule has 0 spiro atoms. The molecule has 6 heteroatoms. The molecule has 0 unspecified atom stereocenters. The molecule has 3 rings (SSSR count). The average molecular weight is 379 g/mol. The first-order valence-corrected chi connectivity index (χ1v) is 8.73. The number of nitrogens with one attached hydrogen (secondary N) is 1. The summed E-state index contributed by atoms with van der Waals surface area (Å²) in [5.74, 6) is -0.0701. The molecule has 1 aromatic heterocycles. The largest absolute Gasteiger partial charge is 0.507 e. The van der Waals surface area contributed by atoms with Crippen LogP contribution in [0.4, 0.5) is 0 Å². The van der Waals surface area contributed by atoms with Gasteiger partial charge in [0.25, 0.3) is 5.91 Å². The second-order valence-corrected chi connectivity index (χ2v) is 7.04. The number of halogens is 1. The van der Waals surface area contributed by atoms with Gasteiger partial charge in [0.15, 0.2) is 0 Å². The van der Waals surface area contributed by atoms with E-state index in [0.717, 1.165) is 29.3 Å². The van der Waals surface area contributed by atoms with Gasteiger partial charge >= 0.3 is 0 Å². The van der Waals surface area contributed by atoms with Crippen molar-refractivity contribution in [2.24, 2.45) is 5.10 Å². The highest BCUT2D eigenvalue weighted by Crippen LogP contribution is 2.30. The third kappa shape index (κ3) is 3.23. The topological polar surface area (TPSA) is 61.7 Å². The van der Waals surface area contributed by atoms with Crippen molar-refractivity contribution in [1.82, 2.24) is 5.43 Å². The van der Waals surface area contributed by atoms with Crippen LogP contribution in [-0.4, -0.2) is 17.2 Å². The zero-order valence-electron chi connectivity index (χ0n) is 11.8. The molecule has 2 N–H and O–H groups in total. The number of hydrogen-bond donors (Lipinski definition) is 2. The van der Waals surface area contributed by atoms with Crippen LogP contribution >= 0.6 is 27.3 Å². The molecule has 0 saturated heterocycles. The minimum absolute atomic E-state index is 0.120. The van der Waals surface area contributed by atoms with Gasteiger partial charge in [0.2, 0.25) is 0 Å². The van der Waals surface area contributed by atoms with E-state index in [9.17, 15) is 9.90 Å². The smallest absolute Gasteiger partial charge is 0.272 e. The second-order valence-electron chi connectivity index (χ2n) is 5.16. The quantitative estimate of drug-likeness (QED) is 0.629. The maximum atomic E-state index is 12.2. The number of amides is 1. The van der Waals surface area contributed by atoms with Crippen molar-refractivity contribution in [3.05, 3.63) is 49.6 Å². The Bertz CT molecular complexity index is 740. The molecule has 1 amide bonds. The third-order valence-electron chi connectivity index (χ3n) is 3.67. The van der Waals surface area contributed by atoms with Gasteiger partial charge in [-0.25, -0.2) is 5.43 Å². The van der Waals surface area contributed by atoms with Crippen molar-refractivity contribution < 1.29 is 9.90 Å². The van der Waals surface area contributed by atoms with Crippen LogP contribution in [0, 0.1) is 0 Å². The summed E-state index contributed by atoms with van der Waals surface area (Å²) in [7, 11) is 0. The van der Waals surface area contributed by atoms with E-state index in [-0.39, 0.29) is 11.7 Å². The molecule has 0 fully saturated rings. The lowest BCUT2D eigenvalue weighted by molar-refractivity contribution is 0.0954. The number of aryl methyl sites for hydroxylation is 1. The Morgan fingerprint density at radius 1 is 1.36 bits per heavy atom. The zero-order valence-corrected chi connectivity index (χ0v) is 14.2. The highest BCUT2D eigenvalue weighted by Gasteiger charge is 2.19. The Morgan fingerprint density at radius 2 is 2.18 bits per heavy atom. The van der Waals surface area contributed by atoms with Crippen LogP contribution in [0.25, 0.3) is 0 Å². The summed E-state index contributed by atoms with van der Waals surface area (Å²) in [6.45, 7) is 0. The van der Waals surface area contributed by atoms with E-state index < -0.39 is 0 Å². The number of phenolic OH excluding ortho intramolecular Hbond substituents is 1. The van der Waals surface area contributed by atoms with Gasteiger partial charge < -0.3 is 5.11 Å². The Balaban J connectivity index is 1.71. The van der Waals surface area contributed by atoms with Gasteiger partial charge in [-0.3, -0.25) is 4.79 Å². The number of benzene rings is 1. The number of nitrogens with zero attached hydrogens (tertiary/aromatic N) is 1. The van der Waals surface area contributed by atoms with Gasteiger partial charge in [-0.1, -0.05) is 15.9 Å². The van der Waals surface area contributed by atoms with Crippen LogP contribution in [0.3, 0.4) is 0 Å². The number of thiophene rings is 1. The number of fused-ring (bicyclic) bond motifs is 1. The van der Waals surface area contributed by atoms with E-state index >= 15 is 0 Å². The summed E-state index contributed by atoms with van der Waals surface area (Å²) in [6, 6.07) is 5.04. The molecule has 0 radical (unpaired) electrons. The van der Waals surface area contributed by atoms with Gasteiger partial charge in [-0.15, -0.1) is 11.3 Å². The Hall–Kier alpha value is -1.66. The predicted octanol–water partition coefficient (Wildman–Crippen LogP) is 3.86. The van der Waals surface area contributed by atoms with Crippen LogP contribution in [0.1, 0.15) is 39.2 Å². The predicted molar refractivity (Wildman–Crippen MR) is 91.8 cm³/mol. The lowest BCUT2D eigenvalue weighted by Crippen LogP contribution is -2.19. The van der Waals surface area contributed by atoms with Crippen molar-refractivity contribution in [1.29, 1.82) is 0 Å². The van der Waals surface area contributed by atoms with E-state index in [4.69, 9.17) is 0 Å². The summed E-state index contributed by atoms with van der Waals surface area (Å²) in [5, 5.41) is 15.6. The van der Waals surface area contributed by atoms with E-state index in [1.807, 2.05) is 5.38 Å². The highest BCUT2D eigenvalue weighted by atomic mass is 79.9. The number of hydrazone groups is 1. The van der Waals surface area contributed by atoms with Crippen molar-refractivity contribution in [2.75, 3.05) is 0 Å². The van der Waals surface area contributed by atoms with Crippen LogP contribution < -0.4 is 5.43 Å². The number of phenols is 1. The number of hydrogen-bond acceptors (Lipinski definition) is 4. The highest BCUT2D eigenvalue weighted by molar-refractivity contribution is 9.10. The fraction of sp³-hybridized carbons (Fsp3) is 0.250. The molecule has 0 atom stereocenters. The van der Waals surface area contributed by atoms with Gasteiger partial charge in [-0.05, 0) is 49.4 Å². The monoisotopic (exact) mass is 378 g/mol. The molecule has 4 nitrogen and oxygen atoms in total. The second kappa shape index (κ2) is 6.62. The molecule has 1 aliphatic rings. The average Bonchev–Trinajstić information content (AvgIpc) is 2.94. The molecule has 22 heavy (non-hydrogen) atoms. The number of carbonyl (C=O) groups excluding carboxylic acids is 1. The lowest BCUT2D eigenvalue weighted by Gasteiger charge is -2.11. The van der Waals surface area contributed by atoms with Gasteiger partial charge in [0, 0.05) is 20.3 Å². The normalized spacial score (nSPS) is 14.0. The number of carbonyl (C=O) groups is 1. The molecular formula is C16H15BrN2O2S. The Kier molecular flexibility index (Phi) is 4.59. The van der Waals surface area contributed by atoms with E-state index in [2.05, 4.69) is 26.5 Å². The first-order chi connectivity index (χ1) is 10.6. The van der Waals surface area contributed by atoms with Crippen LogP contribution in [0.5, 0.6) is 5.75 Å². The van der Waals surface area contributed by atoms with Crippen LogP contribution in [0.2, 0.25) is 0 Å². The SMILES string of the molecule is O=C(N/N=C\c1cc(Br)ccc1O)c1csc2c1CCCC2. The standard InChI is InChI=1S/C16H15BrN2O2S/c17-11-5-6-14(20)10(7-11)8-18-19-16(21)13-9-22-15-4-2-1-3-12(13)15/h5-9,20H,1-4H2,(H,19,21)/b18-8-. The Labute approximate surface area is 141 Å². The zero-order chi connectivity index (χ0) is 15.5. The maximum absolute atomic E-state index is 12.2. The molecule has 0 saturated carbocycles. The summed E-state index contributed by atoms with van der Waals surface area (Å²) in [6.07, 6.45) is 5.82. The first-order valence-electron chi connectivity index (χ1n) is 7.06. The van der Waals surface area contributed by atoms with Crippen molar-refractivity contribution >= 4 is 39.4 Å². The molecule has 1 aromatic carbocycles. The first kappa shape index (κ1) is 15.2. The van der Waals surface area contributed by atoms with Crippen LogP contribution in [-0.2, 0) is 12.8 Å². The molecule has 0 bridgehead atoms. The minimum atomic E-state index is -0.190.